The van der Waals surface area contributed by atoms with Gasteiger partial charge in [0.15, 0.2) is 0 Å². The number of aromatic hydroxyl groups is 1. The van der Waals surface area contributed by atoms with Gasteiger partial charge < -0.3 is 45.1 Å². The molecule has 3 fully saturated rings. The molecule has 22 nitrogen and oxygen atoms in total. The number of nitrogens with one attached hydrogen (secondary N) is 1. The lowest BCUT2D eigenvalue weighted by molar-refractivity contribution is -0.142. The first-order valence-corrected chi connectivity index (χ1v) is 28.2. The zero-order chi connectivity index (χ0) is 55.3. The van der Waals surface area contributed by atoms with E-state index >= 15 is 4.39 Å². The zero-order valence-electron chi connectivity index (χ0n) is 44.3. The summed E-state index contributed by atoms with van der Waals surface area (Å²) in [5, 5.41) is 47.8. The Labute approximate surface area is 462 Å². The molecule has 0 radical (unpaired) electrons. The summed E-state index contributed by atoms with van der Waals surface area (Å²) in [5.41, 5.74) is 10.8. The molecule has 2 amide bonds. The summed E-state index contributed by atoms with van der Waals surface area (Å²) in [5.74, 6) is -0.951. The number of nitrogens with two attached hydrogens (primary N) is 1. The molecule has 4 aliphatic rings. The first-order valence-electron chi connectivity index (χ1n) is 26.5. The van der Waals surface area contributed by atoms with Crippen molar-refractivity contribution < 1.29 is 38.2 Å². The van der Waals surface area contributed by atoms with E-state index in [4.69, 9.17) is 24.7 Å². The average molecular weight is 1110 g/mol. The lowest BCUT2D eigenvalue weighted by Crippen LogP contribution is -2.49. The number of amides is 2. The number of aromatic nitrogens is 10. The van der Waals surface area contributed by atoms with E-state index in [1.54, 1.807) is 50.2 Å². The number of aliphatic hydroxyl groups is 1. The Bertz CT molecular complexity index is 3440. The van der Waals surface area contributed by atoms with Crippen molar-refractivity contribution in [2.45, 2.75) is 122 Å². The van der Waals surface area contributed by atoms with Crippen LogP contribution in [0.15, 0.2) is 53.0 Å². The van der Waals surface area contributed by atoms with Crippen LogP contribution in [0.2, 0.25) is 0 Å². The van der Waals surface area contributed by atoms with Crippen LogP contribution in [0.1, 0.15) is 118 Å². The van der Waals surface area contributed by atoms with Gasteiger partial charge in [-0.25, -0.2) is 29.0 Å². The molecule has 2 aliphatic carbocycles. The summed E-state index contributed by atoms with van der Waals surface area (Å²) in [6.07, 6.45) is 11.5. The number of carbonyl (C=O) groups is 2. The van der Waals surface area contributed by atoms with Crippen molar-refractivity contribution in [2.75, 3.05) is 38.5 Å². The van der Waals surface area contributed by atoms with Gasteiger partial charge in [0.1, 0.15) is 57.9 Å². The van der Waals surface area contributed by atoms with Gasteiger partial charge in [0, 0.05) is 65.8 Å². The third kappa shape index (κ3) is 10.7. The predicted octanol–water partition coefficient (Wildman–Crippen LogP) is 6.75. The van der Waals surface area contributed by atoms with E-state index in [1.807, 2.05) is 20.8 Å². The normalized spacial score (nSPS) is 20.9. The van der Waals surface area contributed by atoms with Gasteiger partial charge in [-0.3, -0.25) is 9.59 Å². The fourth-order valence-corrected chi connectivity index (χ4v) is 13.2. The molecular formula is C54H60FN15O7S2. The van der Waals surface area contributed by atoms with E-state index in [9.17, 15) is 25.1 Å². The third-order valence-electron chi connectivity index (χ3n) is 15.7. The number of benzene rings is 1. The van der Waals surface area contributed by atoms with Gasteiger partial charge in [-0.05, 0) is 89.8 Å². The van der Waals surface area contributed by atoms with E-state index in [2.05, 4.69) is 56.7 Å². The largest absolute Gasteiger partial charge is 0.508 e. The number of thiazole rings is 1. The summed E-state index contributed by atoms with van der Waals surface area (Å²) >= 11 is 2.71. The number of nitrogens with zero attached hydrogens (tertiary/aromatic N) is 13. The Morgan fingerprint density at radius 1 is 1.08 bits per heavy atom. The number of hydrogen-bond donors (Lipinski definition) is 4. The summed E-state index contributed by atoms with van der Waals surface area (Å²) in [7, 11) is 0. The number of nitriles is 1. The number of rotatable bonds is 17. The molecule has 5 atom stereocenters. The Morgan fingerprint density at radius 3 is 2.61 bits per heavy atom. The van der Waals surface area contributed by atoms with Gasteiger partial charge in [0.2, 0.25) is 29.4 Å². The summed E-state index contributed by atoms with van der Waals surface area (Å²) in [6, 6.07) is 4.01. The molecule has 1 saturated carbocycles. The highest BCUT2D eigenvalue weighted by molar-refractivity contribution is 7.16. The summed E-state index contributed by atoms with van der Waals surface area (Å²) < 4.78 is 35.2. The van der Waals surface area contributed by atoms with Crippen LogP contribution in [0, 0.1) is 35.4 Å². The Morgan fingerprint density at radius 2 is 1.89 bits per heavy atom. The molecule has 5 N–H and O–H groups in total. The smallest absolute Gasteiger partial charge is 0.317 e. The number of piperidine rings is 1. The lowest BCUT2D eigenvalue weighted by Gasteiger charge is -2.34. The number of fused-ring (bicyclic) bond motifs is 1. The standard InChI is InChI=1S/C54H60FN15O7S2/c1-28(2)45(50(74)69-23-31(71)17-40(69)49(73)62-29(3)33-18-36(55)34(19-41(33)72)46-30(4)61-27-78-46)70-24-39(65-67-70)38-21-60-43(22-59-38)76-32-9-15-68(16-10-32)25-54(12-13-54)26-75-52-58-14-8-37(63-52)48-64-51(77-66-48)53(5)11-6-7-42-44(53)35(20-56)47(57)79-42/h8,14,18-19,21-22,24,27-29,31-32,40,45,71-72H,6-7,9-13,15-17,23,25-26,57H2,1-5H3,(H,62,73)/t29-,31+,40-,45-,53-/m0/s1. The van der Waals surface area contributed by atoms with Crippen molar-refractivity contribution in [3.05, 3.63) is 87.5 Å². The van der Waals surface area contributed by atoms with Gasteiger partial charge in [-0.2, -0.15) is 15.2 Å². The van der Waals surface area contributed by atoms with Crippen molar-refractivity contribution in [1.29, 1.82) is 5.26 Å². The first-order chi connectivity index (χ1) is 38.0. The van der Waals surface area contributed by atoms with E-state index in [0.29, 0.717) is 62.4 Å². The summed E-state index contributed by atoms with van der Waals surface area (Å²) in [6.45, 7) is 12.0. The van der Waals surface area contributed by atoms with Crippen molar-refractivity contribution in [2.24, 2.45) is 11.3 Å². The molecular weight excluding hydrogens is 1050 g/mol. The van der Waals surface area contributed by atoms with Crippen LogP contribution < -0.4 is 20.5 Å². The number of aryl methyl sites for hydroxylation is 2. The number of phenolic OH excluding ortho intramolecular Hbond substituents is 1. The molecule has 0 bridgehead atoms. The van der Waals surface area contributed by atoms with Gasteiger partial charge in [0.05, 0.1) is 64.4 Å². The second-order valence-corrected chi connectivity index (χ2v) is 23.8. The fraction of sp³-hybridized carbons (Fsp3) is 0.481. The predicted molar refractivity (Wildman–Crippen MR) is 287 cm³/mol. The number of phenols is 1. The minimum absolute atomic E-state index is 0.00640. The molecule has 2 saturated heterocycles. The van der Waals surface area contributed by atoms with E-state index in [-0.39, 0.29) is 53.3 Å². The number of anilines is 1. The first kappa shape index (κ1) is 53.5. The minimum Gasteiger partial charge on any atom is -0.508 e. The number of halogens is 1. The van der Waals surface area contributed by atoms with Crippen molar-refractivity contribution in [3.63, 3.8) is 0 Å². The molecule has 6 aromatic heterocycles. The SMILES string of the molecule is Cc1ncsc1-c1cc(O)c([C@H](C)NC(=O)[C@@H]2C[C@@H](O)CN2C(=O)[C@H](C(C)C)n2cc(-c3cnc(OC4CCN(CC5(COc6nccc(-c7noc([C@@]8(C)CCCc9sc(N)c(C#N)c98)n7)n6)CC5)CC4)cn3)nn2)cc1F. The molecule has 0 spiro atoms. The number of β-amino-alcohol motifs (C(OH)–C–C–N with tert-alkyl or cyclic N) is 1. The molecule has 25 heteroatoms. The molecule has 2 aliphatic heterocycles. The molecule has 412 valence electrons. The van der Waals surface area contributed by atoms with Crippen LogP contribution in [0.5, 0.6) is 17.6 Å². The second kappa shape index (κ2) is 21.6. The fourth-order valence-electron chi connectivity index (χ4n) is 11.2. The van der Waals surface area contributed by atoms with Gasteiger partial charge in [0.25, 0.3) is 0 Å². The average Bonchev–Trinajstić information content (AvgIpc) is 4.28. The molecule has 79 heavy (non-hydrogen) atoms. The second-order valence-electron chi connectivity index (χ2n) is 21.8. The van der Waals surface area contributed by atoms with Crippen LogP contribution >= 0.6 is 22.7 Å². The van der Waals surface area contributed by atoms with Crippen LogP contribution in [0.25, 0.3) is 33.3 Å². The number of carbonyl (C=O) groups excluding carboxylic acids is 2. The number of hydrogen-bond acceptors (Lipinski definition) is 21. The van der Waals surface area contributed by atoms with E-state index < -0.39 is 47.3 Å². The Kier molecular flexibility index (Phi) is 14.6. The summed E-state index contributed by atoms with van der Waals surface area (Å²) in [4.78, 5) is 60.7. The van der Waals surface area contributed by atoms with Crippen LogP contribution in [0.4, 0.5) is 9.39 Å². The van der Waals surface area contributed by atoms with E-state index in [0.717, 1.165) is 75.0 Å². The highest BCUT2D eigenvalue weighted by Gasteiger charge is 2.47. The highest BCUT2D eigenvalue weighted by atomic mass is 32.1. The zero-order valence-corrected chi connectivity index (χ0v) is 45.9. The topological polar surface area (TPSA) is 295 Å². The Balaban J connectivity index is 0.658. The number of aliphatic hydroxyl groups excluding tert-OH is 1. The minimum atomic E-state index is -1.04. The molecule has 11 rings (SSSR count). The van der Waals surface area contributed by atoms with E-state index in [1.165, 1.54) is 44.4 Å². The Hall–Kier alpha value is -7.53. The molecule has 8 heterocycles. The maximum absolute atomic E-state index is 15.4. The number of likely N-dealkylation sites (tertiary alicyclic amines) is 2. The van der Waals surface area contributed by atoms with Crippen molar-refractivity contribution in [1.82, 2.24) is 65.2 Å². The molecule has 7 aromatic rings. The van der Waals surface area contributed by atoms with Gasteiger partial charge in [-0.15, -0.1) is 27.8 Å². The maximum Gasteiger partial charge on any atom is 0.317 e. The van der Waals surface area contributed by atoms with Crippen molar-refractivity contribution in [3.8, 4) is 57.1 Å². The van der Waals surface area contributed by atoms with Gasteiger partial charge in [-0.1, -0.05) is 24.2 Å². The van der Waals surface area contributed by atoms with Crippen LogP contribution in [-0.2, 0) is 21.4 Å². The highest BCUT2D eigenvalue weighted by Crippen LogP contribution is 2.49. The monoisotopic (exact) mass is 1110 g/mol. The van der Waals surface area contributed by atoms with Gasteiger partial charge >= 0.3 is 6.01 Å². The van der Waals surface area contributed by atoms with Crippen LogP contribution in [0.3, 0.4) is 0 Å². The maximum atomic E-state index is 15.4. The number of ether oxygens (including phenoxy) is 2. The molecule has 0 unspecified atom stereocenters. The third-order valence-corrected chi connectivity index (χ3v) is 17.8. The number of thiophene rings is 1. The van der Waals surface area contributed by atoms with Crippen molar-refractivity contribution >= 4 is 39.5 Å². The number of nitrogen functional groups attached to an aromatic ring is 1. The lowest BCUT2D eigenvalue weighted by atomic mass is 9.72. The molecule has 1 aromatic carbocycles. The quantitative estimate of drug-likeness (QED) is 0.0733. The van der Waals surface area contributed by atoms with Crippen LogP contribution in [-0.4, -0.2) is 133 Å².